The van der Waals surface area contributed by atoms with Crippen molar-refractivity contribution in [3.63, 3.8) is 0 Å². The summed E-state index contributed by atoms with van der Waals surface area (Å²) in [7, 11) is 2.97. The van der Waals surface area contributed by atoms with Crippen molar-refractivity contribution >= 4 is 5.97 Å². The molecule has 5 nitrogen and oxygen atoms in total. The average Bonchev–Trinajstić information content (AvgIpc) is 2.47. The van der Waals surface area contributed by atoms with Crippen LogP contribution in [0.2, 0.25) is 0 Å². The third kappa shape index (κ3) is 3.22. The molecular formula is C15H21NO4. The number of aromatic carboxylic acids is 1. The van der Waals surface area contributed by atoms with E-state index in [4.69, 9.17) is 9.47 Å². The molecule has 0 radical (unpaired) electrons. The quantitative estimate of drug-likeness (QED) is 0.864. The molecule has 1 aromatic carbocycles. The summed E-state index contributed by atoms with van der Waals surface area (Å²) >= 11 is 0. The molecule has 5 heteroatoms. The van der Waals surface area contributed by atoms with Crippen LogP contribution < -0.4 is 14.8 Å². The van der Waals surface area contributed by atoms with Gasteiger partial charge in [-0.05, 0) is 43.5 Å². The maximum absolute atomic E-state index is 11.3. The Morgan fingerprint density at radius 2 is 2.15 bits per heavy atom. The Kier molecular flexibility index (Phi) is 4.84. The van der Waals surface area contributed by atoms with Crippen LogP contribution in [0.15, 0.2) is 12.1 Å². The van der Waals surface area contributed by atoms with Crippen molar-refractivity contribution in [2.45, 2.75) is 31.7 Å². The molecule has 1 fully saturated rings. The molecule has 1 unspecified atom stereocenters. The largest absolute Gasteiger partial charge is 0.493 e. The Balaban J connectivity index is 2.28. The standard InChI is InChI=1S/C15H21NO4/c1-19-13-9-10(7-11-5-3-4-6-16-11)8-12(15(17)18)14(13)20-2/h8-9,11,16H,3-7H2,1-2H3,(H,17,18). The van der Waals surface area contributed by atoms with Gasteiger partial charge in [-0.3, -0.25) is 0 Å². The molecule has 0 spiro atoms. The lowest BCUT2D eigenvalue weighted by molar-refractivity contribution is 0.0692. The van der Waals surface area contributed by atoms with Gasteiger partial charge in [0.2, 0.25) is 0 Å². The minimum atomic E-state index is -1.00. The third-order valence-electron chi connectivity index (χ3n) is 3.66. The van der Waals surface area contributed by atoms with Gasteiger partial charge >= 0.3 is 5.97 Å². The number of nitrogens with one attached hydrogen (secondary N) is 1. The number of carbonyl (C=O) groups is 1. The van der Waals surface area contributed by atoms with Gasteiger partial charge in [0.15, 0.2) is 11.5 Å². The van der Waals surface area contributed by atoms with Crippen molar-refractivity contribution in [1.82, 2.24) is 5.32 Å². The minimum absolute atomic E-state index is 0.151. The molecule has 2 N–H and O–H groups in total. The van der Waals surface area contributed by atoms with E-state index in [-0.39, 0.29) is 11.3 Å². The summed E-state index contributed by atoms with van der Waals surface area (Å²) in [6, 6.07) is 3.95. The number of rotatable bonds is 5. The van der Waals surface area contributed by atoms with E-state index in [1.165, 1.54) is 27.1 Å². The first-order chi connectivity index (χ1) is 9.65. The van der Waals surface area contributed by atoms with Gasteiger partial charge in [0.25, 0.3) is 0 Å². The summed E-state index contributed by atoms with van der Waals surface area (Å²) in [4.78, 5) is 11.3. The maximum Gasteiger partial charge on any atom is 0.339 e. The minimum Gasteiger partial charge on any atom is -0.493 e. The van der Waals surface area contributed by atoms with E-state index >= 15 is 0 Å². The van der Waals surface area contributed by atoms with Crippen LogP contribution in [0, 0.1) is 0 Å². The predicted molar refractivity (Wildman–Crippen MR) is 75.9 cm³/mol. The normalized spacial score (nSPS) is 18.6. The SMILES string of the molecule is COc1cc(CC2CCCCN2)cc(C(=O)O)c1OC. The third-order valence-corrected chi connectivity index (χ3v) is 3.66. The first-order valence-corrected chi connectivity index (χ1v) is 6.87. The van der Waals surface area contributed by atoms with Crippen molar-refractivity contribution in [2.75, 3.05) is 20.8 Å². The highest BCUT2D eigenvalue weighted by Gasteiger charge is 2.20. The summed E-state index contributed by atoms with van der Waals surface area (Å²) in [5.74, 6) is -0.253. The molecule has 110 valence electrons. The Morgan fingerprint density at radius 1 is 1.35 bits per heavy atom. The smallest absolute Gasteiger partial charge is 0.339 e. The van der Waals surface area contributed by atoms with E-state index in [2.05, 4.69) is 5.32 Å². The number of ether oxygens (including phenoxy) is 2. The van der Waals surface area contributed by atoms with Crippen LogP contribution in [-0.2, 0) is 6.42 Å². The Bertz CT molecular complexity index is 481. The highest BCUT2D eigenvalue weighted by Crippen LogP contribution is 2.33. The van der Waals surface area contributed by atoms with Gasteiger partial charge < -0.3 is 19.9 Å². The zero-order chi connectivity index (χ0) is 14.5. The van der Waals surface area contributed by atoms with Crippen molar-refractivity contribution in [3.05, 3.63) is 23.3 Å². The van der Waals surface area contributed by atoms with Crippen LogP contribution in [-0.4, -0.2) is 37.9 Å². The fourth-order valence-electron chi connectivity index (χ4n) is 2.68. The van der Waals surface area contributed by atoms with Crippen molar-refractivity contribution in [1.29, 1.82) is 0 Å². The number of hydrogen-bond acceptors (Lipinski definition) is 4. The number of methoxy groups -OCH3 is 2. The van der Waals surface area contributed by atoms with Crippen LogP contribution in [0.1, 0.15) is 35.2 Å². The summed E-state index contributed by atoms with van der Waals surface area (Å²) in [5, 5.41) is 12.8. The number of carboxylic acids is 1. The van der Waals surface area contributed by atoms with E-state index in [1.54, 1.807) is 6.07 Å². The molecule has 0 bridgehead atoms. The number of piperidine rings is 1. The van der Waals surface area contributed by atoms with Gasteiger partial charge in [-0.15, -0.1) is 0 Å². The van der Waals surface area contributed by atoms with E-state index in [9.17, 15) is 9.90 Å². The van der Waals surface area contributed by atoms with Crippen LogP contribution in [0.5, 0.6) is 11.5 Å². The summed E-state index contributed by atoms with van der Waals surface area (Å²) in [6.07, 6.45) is 4.36. The zero-order valence-electron chi connectivity index (χ0n) is 11.9. The fraction of sp³-hybridized carbons (Fsp3) is 0.533. The van der Waals surface area contributed by atoms with Gasteiger partial charge in [0.1, 0.15) is 5.56 Å². The van der Waals surface area contributed by atoms with Crippen LogP contribution in [0.25, 0.3) is 0 Å². The molecular weight excluding hydrogens is 258 g/mol. The molecule has 1 aromatic rings. The van der Waals surface area contributed by atoms with E-state index in [1.807, 2.05) is 6.07 Å². The Labute approximate surface area is 118 Å². The molecule has 1 atom stereocenters. The van der Waals surface area contributed by atoms with Crippen LogP contribution >= 0.6 is 0 Å². The second-order valence-corrected chi connectivity index (χ2v) is 5.03. The maximum atomic E-state index is 11.3. The molecule has 0 amide bonds. The van der Waals surface area contributed by atoms with Crippen LogP contribution in [0.3, 0.4) is 0 Å². The highest BCUT2D eigenvalue weighted by molar-refractivity contribution is 5.92. The molecule has 0 saturated carbocycles. The van der Waals surface area contributed by atoms with E-state index < -0.39 is 5.97 Å². The molecule has 1 heterocycles. The molecule has 1 aliphatic rings. The molecule has 1 saturated heterocycles. The van der Waals surface area contributed by atoms with Gasteiger partial charge in [-0.25, -0.2) is 4.79 Å². The lowest BCUT2D eigenvalue weighted by atomic mass is 9.96. The van der Waals surface area contributed by atoms with E-state index in [0.29, 0.717) is 11.8 Å². The lowest BCUT2D eigenvalue weighted by Crippen LogP contribution is -2.35. The topological polar surface area (TPSA) is 67.8 Å². The Morgan fingerprint density at radius 3 is 2.70 bits per heavy atom. The molecule has 0 aliphatic carbocycles. The first-order valence-electron chi connectivity index (χ1n) is 6.87. The van der Waals surface area contributed by atoms with E-state index in [0.717, 1.165) is 24.9 Å². The summed E-state index contributed by atoms with van der Waals surface area (Å²) in [5.41, 5.74) is 1.11. The van der Waals surface area contributed by atoms with Gasteiger partial charge in [-0.1, -0.05) is 6.42 Å². The second kappa shape index (κ2) is 6.61. The Hall–Kier alpha value is -1.75. The van der Waals surface area contributed by atoms with Crippen molar-refractivity contribution in [3.8, 4) is 11.5 Å². The number of hydrogen-bond donors (Lipinski definition) is 2. The average molecular weight is 279 g/mol. The highest BCUT2D eigenvalue weighted by atomic mass is 16.5. The molecule has 2 rings (SSSR count). The number of benzene rings is 1. The monoisotopic (exact) mass is 279 g/mol. The van der Waals surface area contributed by atoms with Crippen molar-refractivity contribution in [2.24, 2.45) is 0 Å². The molecule has 1 aliphatic heterocycles. The summed E-state index contributed by atoms with van der Waals surface area (Å²) < 4.78 is 10.4. The van der Waals surface area contributed by atoms with Gasteiger partial charge in [0.05, 0.1) is 14.2 Å². The summed E-state index contributed by atoms with van der Waals surface area (Å²) in [6.45, 7) is 1.03. The first kappa shape index (κ1) is 14.7. The van der Waals surface area contributed by atoms with Gasteiger partial charge in [0, 0.05) is 6.04 Å². The predicted octanol–water partition coefficient (Wildman–Crippen LogP) is 2.09. The fourth-order valence-corrected chi connectivity index (χ4v) is 2.68. The van der Waals surface area contributed by atoms with Gasteiger partial charge in [-0.2, -0.15) is 0 Å². The second-order valence-electron chi connectivity index (χ2n) is 5.03. The zero-order valence-corrected chi connectivity index (χ0v) is 11.9. The number of carboxylic acid groups (broad SMARTS) is 1. The molecule has 20 heavy (non-hydrogen) atoms. The lowest BCUT2D eigenvalue weighted by Gasteiger charge is -2.24. The van der Waals surface area contributed by atoms with Crippen LogP contribution in [0.4, 0.5) is 0 Å². The van der Waals surface area contributed by atoms with Crippen molar-refractivity contribution < 1.29 is 19.4 Å². The molecule has 0 aromatic heterocycles.